The Balaban J connectivity index is 2.62. The van der Waals surface area contributed by atoms with Crippen molar-refractivity contribution in [3.05, 3.63) is 35.0 Å². The molecule has 1 rings (SSSR count). The van der Waals surface area contributed by atoms with Crippen LogP contribution in [0.15, 0.2) is 30.2 Å². The Hall–Kier alpha value is -0.600. The van der Waals surface area contributed by atoms with Gasteiger partial charge < -0.3 is 4.74 Å². The molecular weight excluding hydrogens is 156 g/mol. The summed E-state index contributed by atoms with van der Waals surface area (Å²) in [6.45, 7) is 3.68. The van der Waals surface area contributed by atoms with Crippen molar-refractivity contribution in [3.63, 3.8) is 0 Å². The monoisotopic (exact) mass is 168 g/mol. The van der Waals surface area contributed by atoms with Crippen molar-refractivity contribution in [2.75, 3.05) is 7.11 Å². The van der Waals surface area contributed by atoms with E-state index in [9.17, 15) is 0 Å². The average Bonchev–Trinajstić information content (AvgIpc) is 2.52. The first kappa shape index (κ1) is 8.50. The van der Waals surface area contributed by atoms with Crippen LogP contribution in [0.2, 0.25) is 0 Å². The fraction of sp³-hybridized carbons (Fsp3) is 0.333. The van der Waals surface area contributed by atoms with E-state index in [4.69, 9.17) is 4.74 Å². The van der Waals surface area contributed by atoms with Crippen molar-refractivity contribution < 1.29 is 4.74 Å². The van der Waals surface area contributed by atoms with Crippen molar-refractivity contribution in [2.24, 2.45) is 0 Å². The number of hydrogen-bond donors (Lipinski definition) is 0. The SMILES string of the molecule is C=CC[C@H](OC)c1cccs1. The molecule has 1 heterocycles. The Bertz CT molecular complexity index is 203. The Kier molecular flexibility index (Phi) is 3.33. The van der Waals surface area contributed by atoms with E-state index in [0.29, 0.717) is 0 Å². The quantitative estimate of drug-likeness (QED) is 0.628. The third-order valence-corrected chi connectivity index (χ3v) is 2.49. The fourth-order valence-corrected chi connectivity index (χ4v) is 1.77. The molecule has 1 aromatic heterocycles. The van der Waals surface area contributed by atoms with Gasteiger partial charge in [-0.15, -0.1) is 17.9 Å². The van der Waals surface area contributed by atoms with Crippen molar-refractivity contribution in [1.82, 2.24) is 0 Å². The Labute approximate surface area is 71.3 Å². The van der Waals surface area contributed by atoms with E-state index >= 15 is 0 Å². The number of rotatable bonds is 4. The maximum atomic E-state index is 5.27. The Morgan fingerprint density at radius 2 is 2.64 bits per heavy atom. The molecule has 0 fully saturated rings. The highest BCUT2D eigenvalue weighted by Gasteiger charge is 2.07. The summed E-state index contributed by atoms with van der Waals surface area (Å²) >= 11 is 1.72. The number of ether oxygens (including phenoxy) is 1. The van der Waals surface area contributed by atoms with Gasteiger partial charge in [0.05, 0.1) is 6.10 Å². The van der Waals surface area contributed by atoms with Gasteiger partial charge in [-0.1, -0.05) is 12.1 Å². The summed E-state index contributed by atoms with van der Waals surface area (Å²) < 4.78 is 5.27. The van der Waals surface area contributed by atoms with Crippen LogP contribution in [0.25, 0.3) is 0 Å². The Morgan fingerprint density at radius 3 is 3.09 bits per heavy atom. The molecule has 0 aromatic carbocycles. The van der Waals surface area contributed by atoms with E-state index in [2.05, 4.69) is 18.0 Å². The number of thiophene rings is 1. The van der Waals surface area contributed by atoms with Gasteiger partial charge in [0.25, 0.3) is 0 Å². The van der Waals surface area contributed by atoms with Gasteiger partial charge in [-0.25, -0.2) is 0 Å². The first-order valence-corrected chi connectivity index (χ1v) is 4.43. The highest BCUT2D eigenvalue weighted by atomic mass is 32.1. The predicted octanol–water partition coefficient (Wildman–Crippen LogP) is 3.01. The average molecular weight is 168 g/mol. The van der Waals surface area contributed by atoms with Gasteiger partial charge in [-0.2, -0.15) is 0 Å². The summed E-state index contributed by atoms with van der Waals surface area (Å²) in [6.07, 6.45) is 2.97. The molecule has 0 radical (unpaired) electrons. The van der Waals surface area contributed by atoms with E-state index in [1.807, 2.05) is 12.1 Å². The second kappa shape index (κ2) is 4.31. The molecule has 0 unspecified atom stereocenters. The summed E-state index contributed by atoms with van der Waals surface area (Å²) in [6, 6.07) is 4.12. The fourth-order valence-electron chi connectivity index (χ4n) is 0.954. The minimum atomic E-state index is 0.201. The summed E-state index contributed by atoms with van der Waals surface area (Å²) in [5.41, 5.74) is 0. The third-order valence-electron chi connectivity index (χ3n) is 1.53. The van der Waals surface area contributed by atoms with Crippen LogP contribution in [0, 0.1) is 0 Å². The van der Waals surface area contributed by atoms with Gasteiger partial charge in [0.15, 0.2) is 0 Å². The summed E-state index contributed by atoms with van der Waals surface area (Å²) in [7, 11) is 1.73. The van der Waals surface area contributed by atoms with Crippen LogP contribution in [0.4, 0.5) is 0 Å². The lowest BCUT2D eigenvalue weighted by molar-refractivity contribution is 0.109. The molecule has 0 aliphatic carbocycles. The number of hydrogen-bond acceptors (Lipinski definition) is 2. The van der Waals surface area contributed by atoms with Crippen LogP contribution in [0.3, 0.4) is 0 Å². The Morgan fingerprint density at radius 1 is 1.82 bits per heavy atom. The first-order chi connectivity index (χ1) is 5.38. The minimum absolute atomic E-state index is 0.201. The van der Waals surface area contributed by atoms with Crippen LogP contribution >= 0.6 is 11.3 Å². The van der Waals surface area contributed by atoms with E-state index < -0.39 is 0 Å². The zero-order chi connectivity index (χ0) is 8.10. The highest BCUT2D eigenvalue weighted by molar-refractivity contribution is 7.10. The second-order valence-electron chi connectivity index (χ2n) is 2.26. The lowest BCUT2D eigenvalue weighted by atomic mass is 10.2. The van der Waals surface area contributed by atoms with Crippen LogP contribution in [-0.4, -0.2) is 7.11 Å². The van der Waals surface area contributed by atoms with Crippen molar-refractivity contribution in [1.29, 1.82) is 0 Å². The molecule has 0 amide bonds. The maximum Gasteiger partial charge on any atom is 0.0947 e. The van der Waals surface area contributed by atoms with Crippen LogP contribution in [0.1, 0.15) is 17.4 Å². The lowest BCUT2D eigenvalue weighted by Crippen LogP contribution is -1.96. The molecule has 0 N–H and O–H groups in total. The van der Waals surface area contributed by atoms with Gasteiger partial charge in [-0.05, 0) is 17.9 Å². The molecule has 0 bridgehead atoms. The molecule has 1 nitrogen and oxygen atoms in total. The number of methoxy groups -OCH3 is 1. The van der Waals surface area contributed by atoms with Gasteiger partial charge >= 0.3 is 0 Å². The third kappa shape index (κ3) is 2.17. The van der Waals surface area contributed by atoms with E-state index in [1.54, 1.807) is 18.4 Å². The molecule has 1 aromatic rings. The second-order valence-corrected chi connectivity index (χ2v) is 3.24. The van der Waals surface area contributed by atoms with Crippen molar-refractivity contribution in [2.45, 2.75) is 12.5 Å². The van der Waals surface area contributed by atoms with Gasteiger partial charge in [-0.3, -0.25) is 0 Å². The topological polar surface area (TPSA) is 9.23 Å². The molecule has 1 atom stereocenters. The molecule has 0 saturated carbocycles. The van der Waals surface area contributed by atoms with Crippen LogP contribution < -0.4 is 0 Å². The molecule has 11 heavy (non-hydrogen) atoms. The summed E-state index contributed by atoms with van der Waals surface area (Å²) in [5.74, 6) is 0. The first-order valence-electron chi connectivity index (χ1n) is 3.55. The van der Waals surface area contributed by atoms with E-state index in [-0.39, 0.29) is 6.10 Å². The molecule has 60 valence electrons. The predicted molar refractivity (Wildman–Crippen MR) is 48.9 cm³/mol. The summed E-state index contributed by atoms with van der Waals surface area (Å²) in [5, 5.41) is 2.06. The lowest BCUT2D eigenvalue weighted by Gasteiger charge is -2.09. The molecule has 0 spiro atoms. The standard InChI is InChI=1S/C9H12OS/c1-3-5-8(10-2)9-6-4-7-11-9/h3-4,6-8H,1,5H2,2H3/t8-/m0/s1. The smallest absolute Gasteiger partial charge is 0.0947 e. The molecule has 0 saturated heterocycles. The van der Waals surface area contributed by atoms with Crippen LogP contribution in [0.5, 0.6) is 0 Å². The van der Waals surface area contributed by atoms with Crippen molar-refractivity contribution >= 4 is 11.3 Å². The summed E-state index contributed by atoms with van der Waals surface area (Å²) in [4.78, 5) is 1.27. The van der Waals surface area contributed by atoms with Gasteiger partial charge in [0, 0.05) is 12.0 Å². The zero-order valence-corrected chi connectivity index (χ0v) is 7.43. The van der Waals surface area contributed by atoms with Gasteiger partial charge in [0.2, 0.25) is 0 Å². The molecule has 0 aliphatic heterocycles. The molecule has 0 aliphatic rings. The van der Waals surface area contributed by atoms with E-state index in [0.717, 1.165) is 6.42 Å². The maximum absolute atomic E-state index is 5.27. The van der Waals surface area contributed by atoms with Crippen LogP contribution in [-0.2, 0) is 4.74 Å². The largest absolute Gasteiger partial charge is 0.376 e. The van der Waals surface area contributed by atoms with Gasteiger partial charge in [0.1, 0.15) is 0 Å². The normalized spacial score (nSPS) is 12.8. The van der Waals surface area contributed by atoms with Crippen molar-refractivity contribution in [3.8, 4) is 0 Å². The molecule has 2 heteroatoms. The zero-order valence-electron chi connectivity index (χ0n) is 6.62. The minimum Gasteiger partial charge on any atom is -0.376 e. The highest BCUT2D eigenvalue weighted by Crippen LogP contribution is 2.24. The molecular formula is C9H12OS. The van der Waals surface area contributed by atoms with E-state index in [1.165, 1.54) is 4.88 Å².